The highest BCUT2D eigenvalue weighted by Gasteiger charge is 2.29. The van der Waals surface area contributed by atoms with Crippen LogP contribution in [-0.4, -0.2) is 0 Å². The summed E-state index contributed by atoms with van der Waals surface area (Å²) < 4.78 is 65.9. The van der Waals surface area contributed by atoms with Crippen molar-refractivity contribution in [1.29, 1.82) is 0 Å². The molecule has 5 rings (SSSR count). The van der Waals surface area contributed by atoms with Crippen LogP contribution in [0, 0.1) is 41.0 Å². The molecule has 270 valence electrons. The maximum Gasteiger partial charge on any atom is 0.201 e. The van der Waals surface area contributed by atoms with E-state index in [1.165, 1.54) is 102 Å². The number of rotatable bonds is 17. The van der Waals surface area contributed by atoms with E-state index < -0.39 is 23.3 Å². The average molecular weight is 689 g/mol. The first-order valence-electron chi connectivity index (χ1n) is 19.5. The summed E-state index contributed by atoms with van der Waals surface area (Å²) in [6.07, 6.45) is 27.5. The molecule has 3 aromatic carbocycles. The monoisotopic (exact) mass is 688 g/mol. The van der Waals surface area contributed by atoms with Crippen LogP contribution in [-0.2, 0) is 0 Å². The second-order valence-electron chi connectivity index (χ2n) is 14.7. The first-order valence-corrected chi connectivity index (χ1v) is 19.5. The Morgan fingerprint density at radius 3 is 1.80 bits per heavy atom. The summed E-state index contributed by atoms with van der Waals surface area (Å²) in [6, 6.07) is 12.6. The number of unbranched alkanes of at least 4 members (excludes halogenated alkanes) is 8. The van der Waals surface area contributed by atoms with Crippen molar-refractivity contribution in [3.05, 3.63) is 95.8 Å². The fourth-order valence-corrected chi connectivity index (χ4v) is 8.09. The number of ether oxygens (including phenoxy) is 1. The minimum atomic E-state index is -1.07. The lowest BCUT2D eigenvalue weighted by Gasteiger charge is -2.35. The van der Waals surface area contributed by atoms with E-state index in [1.54, 1.807) is 42.5 Å². The molecule has 0 radical (unpaired) electrons. The zero-order valence-electron chi connectivity index (χ0n) is 30.2. The molecule has 0 aromatic heterocycles. The Labute approximate surface area is 298 Å². The third-order valence-electron chi connectivity index (χ3n) is 11.2. The molecular weight excluding hydrogens is 632 g/mol. The van der Waals surface area contributed by atoms with Crippen LogP contribution in [0.1, 0.15) is 135 Å². The topological polar surface area (TPSA) is 9.23 Å². The van der Waals surface area contributed by atoms with Crippen molar-refractivity contribution in [1.82, 2.24) is 0 Å². The molecule has 1 nitrogen and oxygen atoms in total. The van der Waals surface area contributed by atoms with Crippen LogP contribution in [0.4, 0.5) is 17.6 Å². The highest BCUT2D eigenvalue weighted by Crippen LogP contribution is 2.43. The predicted molar refractivity (Wildman–Crippen MR) is 200 cm³/mol. The van der Waals surface area contributed by atoms with Gasteiger partial charge in [-0.3, -0.25) is 0 Å². The summed E-state index contributed by atoms with van der Waals surface area (Å²) in [5, 5.41) is 0. The lowest BCUT2D eigenvalue weighted by atomic mass is 9.70. The van der Waals surface area contributed by atoms with Gasteiger partial charge in [0.2, 0.25) is 5.82 Å². The number of hydrogen-bond donors (Lipinski definition) is 0. The summed E-state index contributed by atoms with van der Waals surface area (Å²) in [5.41, 5.74) is 2.35. The molecule has 50 heavy (non-hydrogen) atoms. The molecule has 2 aliphatic rings. The third-order valence-corrected chi connectivity index (χ3v) is 11.2. The smallest absolute Gasteiger partial charge is 0.201 e. The summed E-state index contributed by atoms with van der Waals surface area (Å²) in [5.74, 6) is -1.72. The van der Waals surface area contributed by atoms with Crippen molar-refractivity contribution in [2.75, 3.05) is 0 Å². The van der Waals surface area contributed by atoms with Gasteiger partial charge in [0.15, 0.2) is 23.2 Å². The van der Waals surface area contributed by atoms with Crippen molar-refractivity contribution in [2.45, 2.75) is 129 Å². The zero-order valence-corrected chi connectivity index (χ0v) is 30.2. The first kappa shape index (κ1) is 37.9. The Morgan fingerprint density at radius 2 is 1.18 bits per heavy atom. The van der Waals surface area contributed by atoms with Crippen molar-refractivity contribution >= 4 is 5.57 Å². The van der Waals surface area contributed by atoms with Crippen LogP contribution in [0.15, 0.2) is 66.9 Å². The maximum atomic E-state index is 15.5. The van der Waals surface area contributed by atoms with Crippen LogP contribution in [0.2, 0.25) is 0 Å². The molecule has 1 atom stereocenters. The number of hydrogen-bond acceptors (Lipinski definition) is 1. The van der Waals surface area contributed by atoms with Gasteiger partial charge in [-0.05, 0) is 91.2 Å². The number of benzene rings is 3. The SMILES string of the molecule is CCCC=COc1ccc(-c2ccc(-c3ccc(C4=CCC(C5CCC(CCCCCCCCCC)CC5)CC4)c(F)c3F)cc2)c(F)c1F. The Hall–Kier alpha value is -3.34. The van der Waals surface area contributed by atoms with Gasteiger partial charge in [0.05, 0.1) is 6.26 Å². The van der Waals surface area contributed by atoms with E-state index >= 15 is 8.78 Å². The van der Waals surface area contributed by atoms with Gasteiger partial charge in [0.1, 0.15) is 0 Å². The average Bonchev–Trinajstić information content (AvgIpc) is 3.14. The number of allylic oxidation sites excluding steroid dienone is 3. The molecule has 1 unspecified atom stereocenters. The molecule has 0 N–H and O–H groups in total. The van der Waals surface area contributed by atoms with Crippen LogP contribution in [0.25, 0.3) is 27.8 Å². The lowest BCUT2D eigenvalue weighted by molar-refractivity contribution is 0.187. The van der Waals surface area contributed by atoms with Gasteiger partial charge >= 0.3 is 0 Å². The first-order chi connectivity index (χ1) is 24.4. The van der Waals surface area contributed by atoms with Gasteiger partial charge in [-0.2, -0.15) is 4.39 Å². The molecular formula is C45H56F4O. The molecule has 0 aliphatic heterocycles. The summed E-state index contributed by atoms with van der Waals surface area (Å²) in [7, 11) is 0. The largest absolute Gasteiger partial charge is 0.462 e. The Morgan fingerprint density at radius 1 is 0.600 bits per heavy atom. The second-order valence-corrected chi connectivity index (χ2v) is 14.7. The van der Waals surface area contributed by atoms with E-state index in [4.69, 9.17) is 4.74 Å². The molecule has 0 heterocycles. The number of halogens is 4. The van der Waals surface area contributed by atoms with Crippen molar-refractivity contribution in [3.63, 3.8) is 0 Å². The predicted octanol–water partition coefficient (Wildman–Crippen LogP) is 14.8. The van der Waals surface area contributed by atoms with Gasteiger partial charge in [0.25, 0.3) is 0 Å². The third kappa shape index (κ3) is 9.92. The molecule has 5 heteroatoms. The van der Waals surface area contributed by atoms with Gasteiger partial charge in [0, 0.05) is 16.7 Å². The molecule has 3 aromatic rings. The molecule has 2 aliphatic carbocycles. The molecule has 1 fully saturated rings. The van der Waals surface area contributed by atoms with E-state index in [-0.39, 0.29) is 16.9 Å². The van der Waals surface area contributed by atoms with Gasteiger partial charge in [-0.15, -0.1) is 0 Å². The molecule has 0 spiro atoms. The van der Waals surface area contributed by atoms with E-state index in [9.17, 15) is 8.78 Å². The summed E-state index contributed by atoms with van der Waals surface area (Å²) >= 11 is 0. The fraction of sp³-hybridized carbons (Fsp3) is 0.511. The molecule has 0 bridgehead atoms. The summed E-state index contributed by atoms with van der Waals surface area (Å²) in [4.78, 5) is 0. The lowest BCUT2D eigenvalue weighted by Crippen LogP contribution is -2.23. The van der Waals surface area contributed by atoms with Crippen LogP contribution >= 0.6 is 0 Å². The van der Waals surface area contributed by atoms with Crippen molar-refractivity contribution in [3.8, 4) is 28.0 Å². The van der Waals surface area contributed by atoms with Crippen LogP contribution in [0.5, 0.6) is 5.75 Å². The van der Waals surface area contributed by atoms with Gasteiger partial charge < -0.3 is 4.74 Å². The summed E-state index contributed by atoms with van der Waals surface area (Å²) in [6.45, 7) is 4.28. The Bertz CT molecular complexity index is 1560. The van der Waals surface area contributed by atoms with E-state index in [1.807, 2.05) is 6.92 Å². The van der Waals surface area contributed by atoms with Crippen LogP contribution < -0.4 is 4.74 Å². The molecule has 0 amide bonds. The highest BCUT2D eigenvalue weighted by molar-refractivity contribution is 5.74. The quantitative estimate of drug-likeness (QED) is 0.0779. The Balaban J connectivity index is 1.13. The Kier molecular flexibility index (Phi) is 14.6. The van der Waals surface area contributed by atoms with Crippen molar-refractivity contribution in [2.24, 2.45) is 17.8 Å². The van der Waals surface area contributed by atoms with Crippen LogP contribution in [0.3, 0.4) is 0 Å². The molecule has 1 saturated carbocycles. The normalized spacial score (nSPS) is 19.6. The maximum absolute atomic E-state index is 15.5. The van der Waals surface area contributed by atoms with Crippen molar-refractivity contribution < 1.29 is 22.3 Å². The molecule has 0 saturated heterocycles. The second kappa shape index (κ2) is 19.3. The van der Waals surface area contributed by atoms with Gasteiger partial charge in [-0.25, -0.2) is 13.2 Å². The fourth-order valence-electron chi connectivity index (χ4n) is 8.09. The van der Waals surface area contributed by atoms with E-state index in [0.29, 0.717) is 22.6 Å². The van der Waals surface area contributed by atoms with Gasteiger partial charge in [-0.1, -0.05) is 133 Å². The minimum absolute atomic E-state index is 0.0651. The van der Waals surface area contributed by atoms with E-state index in [0.717, 1.165) is 49.5 Å². The highest BCUT2D eigenvalue weighted by atomic mass is 19.2. The van der Waals surface area contributed by atoms with E-state index in [2.05, 4.69) is 13.0 Å². The zero-order chi connectivity index (χ0) is 35.3. The minimum Gasteiger partial charge on any atom is -0.462 e. The standard InChI is InChI=1S/C45H56F4O/c1-3-5-7-8-9-10-11-12-14-32-15-17-33(18-16-32)34-19-21-35(22-20-34)38-27-28-39(43(47)42(38)46)36-23-25-37(26-24-36)40-29-30-41(45(49)44(40)48)50-31-13-6-4-2/h13,21,23-34H,3-12,14-20,22H2,1-2H3.